The first-order valence-corrected chi connectivity index (χ1v) is 6.04. The molecule has 0 spiro atoms. The summed E-state index contributed by atoms with van der Waals surface area (Å²) in [6, 6.07) is 5.64. The molecule has 1 N–H and O–H groups in total. The summed E-state index contributed by atoms with van der Waals surface area (Å²) in [5.41, 5.74) is 1.30. The number of rotatable bonds is 3. The van der Waals surface area contributed by atoms with Crippen LogP contribution < -0.4 is 5.32 Å². The molecule has 1 aliphatic carbocycles. The zero-order chi connectivity index (χ0) is 10.9. The molecule has 2 rings (SSSR count). The largest absolute Gasteiger partial charge is 0.307 e. The first kappa shape index (κ1) is 11.3. The summed E-state index contributed by atoms with van der Waals surface area (Å²) in [4.78, 5) is 0. The molecule has 1 fully saturated rings. The number of hydrogen-bond donors (Lipinski definition) is 1. The van der Waals surface area contributed by atoms with Gasteiger partial charge in [0, 0.05) is 27.7 Å². The van der Waals surface area contributed by atoms with Crippen LogP contribution >= 0.6 is 23.2 Å². The average Bonchev–Trinajstić information content (AvgIpc) is 2.14. The number of hydrogen-bond acceptors (Lipinski definition) is 1. The minimum atomic E-state index is 0.294. The second-order valence-corrected chi connectivity index (χ2v) is 5.28. The number of nitrogens with one attached hydrogen (secondary N) is 1. The number of halogens is 2. The Kier molecular flexibility index (Phi) is 3.24. The van der Waals surface area contributed by atoms with E-state index in [0.29, 0.717) is 5.54 Å². The maximum atomic E-state index is 6.10. The van der Waals surface area contributed by atoms with Crippen LogP contribution in [-0.2, 0) is 6.54 Å². The third-order valence-corrected chi connectivity index (χ3v) is 3.92. The van der Waals surface area contributed by atoms with Crippen LogP contribution in [0.4, 0.5) is 0 Å². The fourth-order valence-electron chi connectivity index (χ4n) is 1.89. The molecule has 1 aliphatic rings. The Morgan fingerprint density at radius 3 is 2.33 bits per heavy atom. The van der Waals surface area contributed by atoms with Crippen molar-refractivity contribution in [3.63, 3.8) is 0 Å². The monoisotopic (exact) mass is 243 g/mol. The standard InChI is InChI=1S/C12H15Cl2N/c1-12(6-3-7-12)15-8-9-10(13)4-2-5-11(9)14/h2,4-5,15H,3,6-8H2,1H3. The minimum Gasteiger partial charge on any atom is -0.307 e. The Morgan fingerprint density at radius 1 is 1.27 bits per heavy atom. The smallest absolute Gasteiger partial charge is 0.0465 e. The molecule has 3 heteroatoms. The lowest BCUT2D eigenvalue weighted by Gasteiger charge is -2.39. The molecule has 15 heavy (non-hydrogen) atoms. The lowest BCUT2D eigenvalue weighted by atomic mass is 9.78. The van der Waals surface area contributed by atoms with Gasteiger partial charge in [0.1, 0.15) is 0 Å². The Labute approximate surface area is 101 Å². The van der Waals surface area contributed by atoms with Crippen LogP contribution in [0.5, 0.6) is 0 Å². The molecular weight excluding hydrogens is 229 g/mol. The molecule has 1 aromatic carbocycles. The molecule has 1 saturated carbocycles. The van der Waals surface area contributed by atoms with E-state index < -0.39 is 0 Å². The summed E-state index contributed by atoms with van der Waals surface area (Å²) in [7, 11) is 0. The van der Waals surface area contributed by atoms with Gasteiger partial charge in [0.15, 0.2) is 0 Å². The maximum absolute atomic E-state index is 6.10. The summed E-state index contributed by atoms with van der Waals surface area (Å²) in [5, 5.41) is 5.02. The highest BCUT2D eigenvalue weighted by molar-refractivity contribution is 6.35. The van der Waals surface area contributed by atoms with Gasteiger partial charge < -0.3 is 5.32 Å². The molecule has 0 bridgehead atoms. The van der Waals surface area contributed by atoms with Gasteiger partial charge in [-0.15, -0.1) is 0 Å². The van der Waals surface area contributed by atoms with Gasteiger partial charge in [-0.05, 0) is 38.3 Å². The minimum absolute atomic E-state index is 0.294. The highest BCUT2D eigenvalue weighted by Gasteiger charge is 2.30. The average molecular weight is 244 g/mol. The third-order valence-electron chi connectivity index (χ3n) is 3.21. The van der Waals surface area contributed by atoms with E-state index in [1.807, 2.05) is 18.2 Å². The second kappa shape index (κ2) is 4.32. The van der Waals surface area contributed by atoms with Gasteiger partial charge in [0.25, 0.3) is 0 Å². The third kappa shape index (κ3) is 2.47. The fraction of sp³-hybridized carbons (Fsp3) is 0.500. The van der Waals surface area contributed by atoms with Crippen molar-refractivity contribution >= 4 is 23.2 Å². The van der Waals surface area contributed by atoms with Gasteiger partial charge in [0.2, 0.25) is 0 Å². The second-order valence-electron chi connectivity index (χ2n) is 4.47. The molecule has 1 aromatic rings. The van der Waals surface area contributed by atoms with Crippen LogP contribution in [0.25, 0.3) is 0 Å². The van der Waals surface area contributed by atoms with Crippen LogP contribution in [-0.4, -0.2) is 5.54 Å². The predicted molar refractivity (Wildman–Crippen MR) is 65.6 cm³/mol. The Balaban J connectivity index is 2.04. The van der Waals surface area contributed by atoms with E-state index in [2.05, 4.69) is 12.2 Å². The summed E-state index contributed by atoms with van der Waals surface area (Å²) in [5.74, 6) is 0. The molecule has 1 nitrogen and oxygen atoms in total. The zero-order valence-corrected chi connectivity index (χ0v) is 10.3. The van der Waals surface area contributed by atoms with E-state index in [1.54, 1.807) is 0 Å². The molecule has 0 heterocycles. The van der Waals surface area contributed by atoms with E-state index in [1.165, 1.54) is 19.3 Å². The molecule has 82 valence electrons. The van der Waals surface area contributed by atoms with Crippen molar-refractivity contribution < 1.29 is 0 Å². The van der Waals surface area contributed by atoms with Gasteiger partial charge in [-0.2, -0.15) is 0 Å². The van der Waals surface area contributed by atoms with Crippen LogP contribution in [0.1, 0.15) is 31.7 Å². The topological polar surface area (TPSA) is 12.0 Å². The van der Waals surface area contributed by atoms with Crippen molar-refractivity contribution in [2.24, 2.45) is 0 Å². The first-order chi connectivity index (χ1) is 7.11. The van der Waals surface area contributed by atoms with Gasteiger partial charge in [-0.1, -0.05) is 29.3 Å². The lowest BCUT2D eigenvalue weighted by Crippen LogP contribution is -2.47. The molecule has 0 aliphatic heterocycles. The van der Waals surface area contributed by atoms with Crippen molar-refractivity contribution in [3.05, 3.63) is 33.8 Å². The van der Waals surface area contributed by atoms with Crippen LogP contribution in [0, 0.1) is 0 Å². The van der Waals surface area contributed by atoms with Gasteiger partial charge in [-0.25, -0.2) is 0 Å². The molecule has 0 atom stereocenters. The first-order valence-electron chi connectivity index (χ1n) is 5.29. The van der Waals surface area contributed by atoms with Crippen molar-refractivity contribution in [2.45, 2.75) is 38.3 Å². The number of benzene rings is 1. The van der Waals surface area contributed by atoms with Gasteiger partial charge in [0.05, 0.1) is 0 Å². The fourth-order valence-corrected chi connectivity index (χ4v) is 2.42. The molecule has 0 saturated heterocycles. The zero-order valence-electron chi connectivity index (χ0n) is 8.82. The quantitative estimate of drug-likeness (QED) is 0.846. The summed E-state index contributed by atoms with van der Waals surface area (Å²) >= 11 is 12.2. The molecule has 0 radical (unpaired) electrons. The summed E-state index contributed by atoms with van der Waals surface area (Å²) in [6.45, 7) is 3.01. The van der Waals surface area contributed by atoms with Crippen LogP contribution in [0.2, 0.25) is 10.0 Å². The highest BCUT2D eigenvalue weighted by Crippen LogP contribution is 2.32. The molecule has 0 unspecified atom stereocenters. The highest BCUT2D eigenvalue weighted by atomic mass is 35.5. The lowest BCUT2D eigenvalue weighted by molar-refractivity contribution is 0.207. The SMILES string of the molecule is CC1(NCc2c(Cl)cccc2Cl)CCC1. The van der Waals surface area contributed by atoms with Crippen molar-refractivity contribution in [3.8, 4) is 0 Å². The molecule has 0 aromatic heterocycles. The van der Waals surface area contributed by atoms with E-state index in [9.17, 15) is 0 Å². The van der Waals surface area contributed by atoms with Gasteiger partial charge in [-0.3, -0.25) is 0 Å². The molecular formula is C12H15Cl2N. The van der Waals surface area contributed by atoms with Crippen molar-refractivity contribution in [1.82, 2.24) is 5.32 Å². The maximum Gasteiger partial charge on any atom is 0.0465 e. The summed E-state index contributed by atoms with van der Waals surface area (Å²) in [6.07, 6.45) is 3.81. The van der Waals surface area contributed by atoms with E-state index >= 15 is 0 Å². The van der Waals surface area contributed by atoms with Crippen LogP contribution in [0.3, 0.4) is 0 Å². The predicted octanol–water partition coefficient (Wildman–Crippen LogP) is 4.03. The van der Waals surface area contributed by atoms with Gasteiger partial charge >= 0.3 is 0 Å². The van der Waals surface area contributed by atoms with Crippen molar-refractivity contribution in [2.75, 3.05) is 0 Å². The summed E-state index contributed by atoms with van der Waals surface area (Å²) < 4.78 is 0. The Morgan fingerprint density at radius 2 is 1.87 bits per heavy atom. The van der Waals surface area contributed by atoms with Crippen LogP contribution in [0.15, 0.2) is 18.2 Å². The molecule has 0 amide bonds. The van der Waals surface area contributed by atoms with E-state index in [4.69, 9.17) is 23.2 Å². The van der Waals surface area contributed by atoms with Crippen molar-refractivity contribution in [1.29, 1.82) is 0 Å². The Hall–Kier alpha value is -0.240. The van der Waals surface area contributed by atoms with E-state index in [-0.39, 0.29) is 0 Å². The Bertz CT molecular complexity index is 338. The van der Waals surface area contributed by atoms with E-state index in [0.717, 1.165) is 22.2 Å². The normalized spacial score (nSPS) is 18.6.